The zero-order chi connectivity index (χ0) is 14.5. The van der Waals surface area contributed by atoms with Crippen molar-refractivity contribution in [1.29, 1.82) is 0 Å². The summed E-state index contributed by atoms with van der Waals surface area (Å²) in [5, 5.41) is 0. The van der Waals surface area contributed by atoms with Gasteiger partial charge in [0, 0.05) is 26.6 Å². The fourth-order valence-corrected chi connectivity index (χ4v) is 3.31. The van der Waals surface area contributed by atoms with Crippen LogP contribution >= 0.6 is 0 Å². The van der Waals surface area contributed by atoms with Crippen LogP contribution in [0.4, 0.5) is 0 Å². The van der Waals surface area contributed by atoms with Gasteiger partial charge in [-0.2, -0.15) is 4.31 Å². The lowest BCUT2D eigenvalue weighted by atomic mass is 10.3. The molecule has 19 heavy (non-hydrogen) atoms. The van der Waals surface area contributed by atoms with Crippen molar-refractivity contribution in [2.75, 3.05) is 39.5 Å². The molecular formula is C11H20N2O5S. The smallest absolute Gasteiger partial charge is 0.305 e. The molecule has 0 bridgehead atoms. The maximum absolute atomic E-state index is 12.1. The average molecular weight is 292 g/mol. The van der Waals surface area contributed by atoms with Crippen molar-refractivity contribution in [3.63, 3.8) is 0 Å². The van der Waals surface area contributed by atoms with Crippen LogP contribution in [0.1, 0.15) is 19.3 Å². The molecule has 0 atom stereocenters. The van der Waals surface area contributed by atoms with E-state index in [-0.39, 0.29) is 31.0 Å². The minimum Gasteiger partial charge on any atom is -0.469 e. The molecular weight excluding hydrogens is 272 g/mol. The summed E-state index contributed by atoms with van der Waals surface area (Å²) >= 11 is 0. The first-order chi connectivity index (χ1) is 8.86. The number of hydrogen-bond acceptors (Lipinski definition) is 5. The van der Waals surface area contributed by atoms with Gasteiger partial charge in [-0.25, -0.2) is 8.42 Å². The fourth-order valence-electron chi connectivity index (χ4n) is 1.83. The van der Waals surface area contributed by atoms with Crippen LogP contribution in [0.15, 0.2) is 0 Å². The van der Waals surface area contributed by atoms with Crippen LogP contribution in [0.3, 0.4) is 0 Å². The van der Waals surface area contributed by atoms with E-state index in [4.69, 9.17) is 0 Å². The summed E-state index contributed by atoms with van der Waals surface area (Å²) < 4.78 is 29.8. The van der Waals surface area contributed by atoms with Crippen molar-refractivity contribution >= 4 is 21.9 Å². The number of carbonyl (C=O) groups is 2. The summed E-state index contributed by atoms with van der Waals surface area (Å²) in [6.07, 6.45) is 0.894. The van der Waals surface area contributed by atoms with Crippen molar-refractivity contribution in [3.8, 4) is 0 Å². The molecule has 0 radical (unpaired) electrons. The summed E-state index contributed by atoms with van der Waals surface area (Å²) in [6, 6.07) is 0. The molecule has 0 aliphatic carbocycles. The molecule has 1 heterocycles. The van der Waals surface area contributed by atoms with Gasteiger partial charge in [-0.1, -0.05) is 0 Å². The number of nitrogens with zero attached hydrogens (tertiary/aromatic N) is 2. The maximum atomic E-state index is 12.1. The zero-order valence-corrected chi connectivity index (χ0v) is 12.1. The highest BCUT2D eigenvalue weighted by molar-refractivity contribution is 7.89. The van der Waals surface area contributed by atoms with E-state index in [0.29, 0.717) is 19.5 Å². The van der Waals surface area contributed by atoms with Gasteiger partial charge in [0.15, 0.2) is 0 Å². The van der Waals surface area contributed by atoms with E-state index in [9.17, 15) is 18.0 Å². The van der Waals surface area contributed by atoms with Gasteiger partial charge in [0.2, 0.25) is 15.9 Å². The Kier molecular flexibility index (Phi) is 5.74. The monoisotopic (exact) mass is 292 g/mol. The quantitative estimate of drug-likeness (QED) is 0.634. The molecule has 0 N–H and O–H groups in total. The Labute approximate surface area is 113 Å². The van der Waals surface area contributed by atoms with Gasteiger partial charge in [-0.05, 0) is 12.8 Å². The standard InChI is InChI=1S/C11H20N2O5S/c1-12-6-4-7-13(9-10(12)14)19(16,17)8-3-5-11(15)18-2/h3-9H2,1-2H3. The normalized spacial score (nSPS) is 18.2. The SMILES string of the molecule is COC(=O)CCCS(=O)(=O)N1CCCN(C)C(=O)C1. The Morgan fingerprint density at radius 1 is 1.37 bits per heavy atom. The van der Waals surface area contributed by atoms with Crippen molar-refractivity contribution in [1.82, 2.24) is 9.21 Å². The maximum Gasteiger partial charge on any atom is 0.305 e. The Balaban J connectivity index is 2.56. The largest absolute Gasteiger partial charge is 0.469 e. The highest BCUT2D eigenvalue weighted by Gasteiger charge is 2.27. The number of likely N-dealkylation sites (N-methyl/N-ethyl adjacent to an activating group) is 1. The molecule has 1 amide bonds. The lowest BCUT2D eigenvalue weighted by Gasteiger charge is -2.19. The summed E-state index contributed by atoms with van der Waals surface area (Å²) in [5.74, 6) is -0.769. The van der Waals surface area contributed by atoms with Gasteiger partial charge in [0.25, 0.3) is 0 Å². The summed E-state index contributed by atoms with van der Waals surface area (Å²) in [5.41, 5.74) is 0. The number of esters is 1. The van der Waals surface area contributed by atoms with Crippen LogP contribution in [-0.2, 0) is 24.3 Å². The van der Waals surface area contributed by atoms with Crippen LogP contribution in [0.2, 0.25) is 0 Å². The second-order valence-corrected chi connectivity index (χ2v) is 6.59. The molecule has 1 aliphatic rings. The number of ether oxygens (including phenoxy) is 1. The number of sulfonamides is 1. The van der Waals surface area contributed by atoms with Crippen LogP contribution in [0, 0.1) is 0 Å². The minimum atomic E-state index is -3.49. The molecule has 0 saturated carbocycles. The molecule has 0 aromatic rings. The molecule has 0 spiro atoms. The zero-order valence-electron chi connectivity index (χ0n) is 11.3. The van der Waals surface area contributed by atoms with Gasteiger partial charge in [0.1, 0.15) is 0 Å². The number of amides is 1. The second kappa shape index (κ2) is 6.85. The molecule has 110 valence electrons. The molecule has 0 aromatic heterocycles. The Hall–Kier alpha value is -1.15. The van der Waals surface area contributed by atoms with E-state index < -0.39 is 16.0 Å². The van der Waals surface area contributed by atoms with Crippen LogP contribution in [-0.4, -0.2) is 69.0 Å². The van der Waals surface area contributed by atoms with Crippen molar-refractivity contribution in [2.45, 2.75) is 19.3 Å². The Morgan fingerprint density at radius 3 is 2.68 bits per heavy atom. The third-order valence-electron chi connectivity index (χ3n) is 3.04. The second-order valence-electron chi connectivity index (χ2n) is 4.50. The Bertz CT molecular complexity index is 434. The lowest BCUT2D eigenvalue weighted by Crippen LogP contribution is -2.39. The van der Waals surface area contributed by atoms with E-state index in [1.807, 2.05) is 0 Å². The minimum absolute atomic E-state index is 0.0669. The molecule has 0 unspecified atom stereocenters. The van der Waals surface area contributed by atoms with Gasteiger partial charge in [0.05, 0.1) is 19.4 Å². The Morgan fingerprint density at radius 2 is 2.05 bits per heavy atom. The lowest BCUT2D eigenvalue weighted by molar-refractivity contribution is -0.140. The fraction of sp³-hybridized carbons (Fsp3) is 0.818. The summed E-state index contributed by atoms with van der Waals surface area (Å²) in [4.78, 5) is 24.1. The number of hydrogen-bond donors (Lipinski definition) is 0. The van der Waals surface area contributed by atoms with Crippen molar-refractivity contribution in [2.24, 2.45) is 0 Å². The van der Waals surface area contributed by atoms with Crippen LogP contribution < -0.4 is 0 Å². The average Bonchev–Trinajstić information content (AvgIpc) is 2.52. The van der Waals surface area contributed by atoms with Crippen LogP contribution in [0.5, 0.6) is 0 Å². The van der Waals surface area contributed by atoms with Gasteiger partial charge < -0.3 is 9.64 Å². The molecule has 1 rings (SSSR count). The van der Waals surface area contributed by atoms with Gasteiger partial charge in [-0.15, -0.1) is 0 Å². The number of carbonyl (C=O) groups excluding carboxylic acids is 2. The predicted molar refractivity (Wildman–Crippen MR) is 68.9 cm³/mol. The molecule has 8 heteroatoms. The molecule has 1 saturated heterocycles. The van der Waals surface area contributed by atoms with Gasteiger partial charge >= 0.3 is 5.97 Å². The topological polar surface area (TPSA) is 84.0 Å². The predicted octanol–water partition coefficient (Wildman–Crippen LogP) is -0.566. The van der Waals surface area contributed by atoms with Gasteiger partial charge in [-0.3, -0.25) is 9.59 Å². The van der Waals surface area contributed by atoms with Crippen LogP contribution in [0.25, 0.3) is 0 Å². The van der Waals surface area contributed by atoms with E-state index in [0.717, 1.165) is 0 Å². The molecule has 0 aromatic carbocycles. The van der Waals surface area contributed by atoms with E-state index >= 15 is 0 Å². The third-order valence-corrected chi connectivity index (χ3v) is 4.95. The first kappa shape index (κ1) is 15.9. The highest BCUT2D eigenvalue weighted by Crippen LogP contribution is 2.10. The summed E-state index contributed by atoms with van der Waals surface area (Å²) in [6.45, 7) is 0.792. The summed E-state index contributed by atoms with van der Waals surface area (Å²) in [7, 11) is -0.562. The third kappa shape index (κ3) is 4.79. The van der Waals surface area contributed by atoms with E-state index in [1.54, 1.807) is 7.05 Å². The first-order valence-electron chi connectivity index (χ1n) is 6.15. The molecule has 1 fully saturated rings. The van der Waals surface area contributed by atoms with E-state index in [1.165, 1.54) is 16.3 Å². The number of rotatable bonds is 5. The van der Waals surface area contributed by atoms with Crippen molar-refractivity contribution in [3.05, 3.63) is 0 Å². The number of methoxy groups -OCH3 is 1. The van der Waals surface area contributed by atoms with E-state index in [2.05, 4.69) is 4.74 Å². The van der Waals surface area contributed by atoms with Crippen molar-refractivity contribution < 1.29 is 22.7 Å². The first-order valence-corrected chi connectivity index (χ1v) is 7.76. The molecule has 7 nitrogen and oxygen atoms in total. The molecule has 1 aliphatic heterocycles. The highest BCUT2D eigenvalue weighted by atomic mass is 32.2.